The number of rotatable bonds is 5. The second kappa shape index (κ2) is 6.50. The van der Waals surface area contributed by atoms with Crippen LogP contribution in [-0.2, 0) is 11.2 Å². The highest BCUT2D eigenvalue weighted by Gasteiger charge is 2.33. The van der Waals surface area contributed by atoms with Crippen LogP contribution < -0.4 is 0 Å². The molecule has 3 N–H and O–H groups in total. The fourth-order valence-corrected chi connectivity index (χ4v) is 3.28. The number of para-hydroxylation sites is 1. The maximum Gasteiger partial charge on any atom is 0.222 e. The topological polar surface area (TPSA) is 76.6 Å². The number of benzene rings is 1. The number of aryl methyl sites for hydroxylation is 1. The third-order valence-corrected chi connectivity index (χ3v) is 4.44. The van der Waals surface area contributed by atoms with Crippen molar-refractivity contribution in [2.75, 3.05) is 13.2 Å². The van der Waals surface area contributed by atoms with Gasteiger partial charge in [0.15, 0.2) is 0 Å². The Morgan fingerprint density at radius 1 is 1.36 bits per heavy atom. The van der Waals surface area contributed by atoms with Gasteiger partial charge in [-0.05, 0) is 30.9 Å². The van der Waals surface area contributed by atoms with Gasteiger partial charge in [0.2, 0.25) is 5.91 Å². The number of hydrogen-bond donors (Lipinski definition) is 3. The van der Waals surface area contributed by atoms with Crippen LogP contribution in [0.4, 0.5) is 0 Å². The minimum Gasteiger partial charge on any atom is -0.394 e. The number of aliphatic hydroxyl groups excluding tert-OH is 2. The van der Waals surface area contributed by atoms with Gasteiger partial charge >= 0.3 is 0 Å². The van der Waals surface area contributed by atoms with Gasteiger partial charge in [0.05, 0.1) is 18.8 Å². The molecule has 5 nitrogen and oxygen atoms in total. The molecule has 3 rings (SSSR count). The van der Waals surface area contributed by atoms with Crippen LogP contribution in [0, 0.1) is 0 Å². The molecule has 2 heterocycles. The summed E-state index contributed by atoms with van der Waals surface area (Å²) in [6.07, 6.45) is 4.04. The molecule has 0 radical (unpaired) electrons. The smallest absolute Gasteiger partial charge is 0.222 e. The van der Waals surface area contributed by atoms with E-state index in [0.29, 0.717) is 19.4 Å². The SMILES string of the molecule is O=C(CCCc1c[nH]c2ccccc12)N1C[C@H](O)C[C@H]1CO. The normalized spacial score (nSPS) is 21.6. The Morgan fingerprint density at radius 2 is 2.18 bits per heavy atom. The standard InChI is InChI=1S/C17H22N2O3/c20-11-13-8-14(21)10-19(13)17(22)7-3-4-12-9-18-16-6-2-1-5-15(12)16/h1-2,5-6,9,13-14,18,20-21H,3-4,7-8,10-11H2/t13-,14+/m0/s1. The number of nitrogens with one attached hydrogen (secondary N) is 1. The highest BCUT2D eigenvalue weighted by Crippen LogP contribution is 2.21. The van der Waals surface area contributed by atoms with E-state index >= 15 is 0 Å². The lowest BCUT2D eigenvalue weighted by molar-refractivity contribution is -0.133. The van der Waals surface area contributed by atoms with Crippen molar-refractivity contribution in [2.45, 2.75) is 37.8 Å². The predicted molar refractivity (Wildman–Crippen MR) is 84.4 cm³/mol. The quantitative estimate of drug-likeness (QED) is 0.782. The summed E-state index contributed by atoms with van der Waals surface area (Å²) in [6.45, 7) is 0.266. The van der Waals surface area contributed by atoms with E-state index in [1.807, 2.05) is 24.4 Å². The summed E-state index contributed by atoms with van der Waals surface area (Å²) < 4.78 is 0. The molecular formula is C17H22N2O3. The third-order valence-electron chi connectivity index (χ3n) is 4.44. The van der Waals surface area contributed by atoms with Crippen LogP contribution in [0.3, 0.4) is 0 Å². The molecular weight excluding hydrogens is 280 g/mol. The molecule has 22 heavy (non-hydrogen) atoms. The average molecular weight is 302 g/mol. The van der Waals surface area contributed by atoms with Gasteiger partial charge in [0.25, 0.3) is 0 Å². The first-order valence-corrected chi connectivity index (χ1v) is 7.82. The molecule has 1 aromatic heterocycles. The van der Waals surface area contributed by atoms with Gasteiger partial charge < -0.3 is 20.1 Å². The molecule has 0 unspecified atom stereocenters. The first-order valence-electron chi connectivity index (χ1n) is 7.82. The van der Waals surface area contributed by atoms with Crippen molar-refractivity contribution < 1.29 is 15.0 Å². The van der Waals surface area contributed by atoms with E-state index in [1.54, 1.807) is 4.90 Å². The number of carbonyl (C=O) groups is 1. The molecule has 2 aromatic rings. The summed E-state index contributed by atoms with van der Waals surface area (Å²) in [7, 11) is 0. The number of aromatic amines is 1. The molecule has 0 spiro atoms. The number of β-amino-alcohol motifs (C(OH)–C–C–N with tert-alkyl or cyclic N) is 1. The lowest BCUT2D eigenvalue weighted by atomic mass is 10.1. The summed E-state index contributed by atoms with van der Waals surface area (Å²) in [5, 5.41) is 20.1. The number of aliphatic hydroxyl groups is 2. The molecule has 1 aromatic carbocycles. The largest absolute Gasteiger partial charge is 0.394 e. The predicted octanol–water partition coefficient (Wildman–Crippen LogP) is 1.44. The molecule has 1 aliphatic rings. The van der Waals surface area contributed by atoms with E-state index in [0.717, 1.165) is 18.4 Å². The number of aromatic nitrogens is 1. The summed E-state index contributed by atoms with van der Waals surface area (Å²) in [5.41, 5.74) is 2.34. The Labute approximate surface area is 129 Å². The van der Waals surface area contributed by atoms with Crippen LogP contribution in [0.5, 0.6) is 0 Å². The summed E-state index contributed by atoms with van der Waals surface area (Å²) in [5.74, 6) is 0.0236. The lowest BCUT2D eigenvalue weighted by Gasteiger charge is -2.22. The van der Waals surface area contributed by atoms with Crippen molar-refractivity contribution in [3.63, 3.8) is 0 Å². The molecule has 0 saturated carbocycles. The van der Waals surface area contributed by atoms with E-state index in [1.165, 1.54) is 10.9 Å². The molecule has 0 bridgehead atoms. The Bertz CT molecular complexity index is 652. The van der Waals surface area contributed by atoms with Gasteiger partial charge in [-0.25, -0.2) is 0 Å². The van der Waals surface area contributed by atoms with Gasteiger partial charge in [-0.3, -0.25) is 4.79 Å². The van der Waals surface area contributed by atoms with Gasteiger partial charge in [-0.2, -0.15) is 0 Å². The van der Waals surface area contributed by atoms with E-state index in [2.05, 4.69) is 11.1 Å². The van der Waals surface area contributed by atoms with Gasteiger partial charge in [0.1, 0.15) is 0 Å². The summed E-state index contributed by atoms with van der Waals surface area (Å²) >= 11 is 0. The second-order valence-electron chi connectivity index (χ2n) is 5.99. The van der Waals surface area contributed by atoms with Gasteiger partial charge in [0, 0.05) is 30.1 Å². The number of H-pyrrole nitrogens is 1. The number of carbonyl (C=O) groups excluding carboxylic acids is 1. The molecule has 1 aliphatic heterocycles. The van der Waals surface area contributed by atoms with E-state index in [-0.39, 0.29) is 18.6 Å². The highest BCUT2D eigenvalue weighted by molar-refractivity contribution is 5.83. The van der Waals surface area contributed by atoms with Crippen molar-refractivity contribution in [3.05, 3.63) is 36.0 Å². The van der Waals surface area contributed by atoms with Gasteiger partial charge in [-0.1, -0.05) is 18.2 Å². The van der Waals surface area contributed by atoms with E-state index < -0.39 is 6.10 Å². The van der Waals surface area contributed by atoms with E-state index in [9.17, 15) is 15.0 Å². The zero-order chi connectivity index (χ0) is 15.5. The molecule has 2 atom stereocenters. The van der Waals surface area contributed by atoms with Crippen LogP contribution in [0.2, 0.25) is 0 Å². The van der Waals surface area contributed by atoms with Crippen molar-refractivity contribution in [2.24, 2.45) is 0 Å². The van der Waals surface area contributed by atoms with Crippen LogP contribution in [0.25, 0.3) is 10.9 Å². The zero-order valence-electron chi connectivity index (χ0n) is 12.5. The fourth-order valence-electron chi connectivity index (χ4n) is 3.28. The highest BCUT2D eigenvalue weighted by atomic mass is 16.3. The second-order valence-corrected chi connectivity index (χ2v) is 5.99. The van der Waals surface area contributed by atoms with Crippen molar-refractivity contribution in [3.8, 4) is 0 Å². The number of hydrogen-bond acceptors (Lipinski definition) is 3. The average Bonchev–Trinajstić information content (AvgIpc) is 3.11. The molecule has 118 valence electrons. The number of nitrogens with zero attached hydrogens (tertiary/aromatic N) is 1. The van der Waals surface area contributed by atoms with Crippen molar-refractivity contribution in [1.29, 1.82) is 0 Å². The van der Waals surface area contributed by atoms with Gasteiger partial charge in [-0.15, -0.1) is 0 Å². The Kier molecular flexibility index (Phi) is 4.45. The monoisotopic (exact) mass is 302 g/mol. The lowest BCUT2D eigenvalue weighted by Crippen LogP contribution is -2.37. The van der Waals surface area contributed by atoms with Crippen molar-refractivity contribution >= 4 is 16.8 Å². The minimum atomic E-state index is -0.505. The first kappa shape index (κ1) is 15.1. The number of amides is 1. The fraction of sp³-hybridized carbons (Fsp3) is 0.471. The van der Waals surface area contributed by atoms with Crippen molar-refractivity contribution in [1.82, 2.24) is 9.88 Å². The minimum absolute atomic E-state index is 0.0236. The Morgan fingerprint density at radius 3 is 3.00 bits per heavy atom. The molecule has 1 saturated heterocycles. The summed E-state index contributed by atoms with van der Waals surface area (Å²) in [6, 6.07) is 7.92. The Hall–Kier alpha value is -1.85. The molecule has 5 heteroatoms. The third kappa shape index (κ3) is 3.00. The summed E-state index contributed by atoms with van der Waals surface area (Å²) in [4.78, 5) is 17.1. The maximum absolute atomic E-state index is 12.2. The van der Waals surface area contributed by atoms with Crippen LogP contribution in [0.15, 0.2) is 30.5 Å². The van der Waals surface area contributed by atoms with Crippen LogP contribution >= 0.6 is 0 Å². The molecule has 1 amide bonds. The number of fused-ring (bicyclic) bond motifs is 1. The molecule has 0 aliphatic carbocycles. The first-order chi connectivity index (χ1) is 10.7. The van der Waals surface area contributed by atoms with Crippen LogP contribution in [0.1, 0.15) is 24.8 Å². The zero-order valence-corrected chi connectivity index (χ0v) is 12.5. The van der Waals surface area contributed by atoms with E-state index in [4.69, 9.17) is 0 Å². The molecule has 1 fully saturated rings. The van der Waals surface area contributed by atoms with Crippen LogP contribution in [-0.4, -0.2) is 51.3 Å². The Balaban J connectivity index is 1.55. The maximum atomic E-state index is 12.2. The number of likely N-dealkylation sites (tertiary alicyclic amines) is 1.